The van der Waals surface area contributed by atoms with Crippen molar-refractivity contribution >= 4 is 28.9 Å². The molecule has 0 bridgehead atoms. The van der Waals surface area contributed by atoms with Gasteiger partial charge >= 0.3 is 6.18 Å². The van der Waals surface area contributed by atoms with Crippen LogP contribution >= 0.6 is 0 Å². The number of rotatable bonds is 4. The Morgan fingerprint density at radius 3 is 2.46 bits per heavy atom. The Hall–Kier alpha value is -3.43. The largest absolute Gasteiger partial charge is 0.416 e. The highest BCUT2D eigenvalue weighted by Gasteiger charge is 2.37. The first-order valence-electron chi connectivity index (χ1n) is 8.18. The van der Waals surface area contributed by atoms with E-state index in [9.17, 15) is 32.9 Å². The third-order valence-corrected chi connectivity index (χ3v) is 4.33. The normalized spacial score (nSPS) is 16.9. The molecule has 1 fully saturated rings. The summed E-state index contributed by atoms with van der Waals surface area (Å²) in [6.07, 6.45) is -4.68. The molecule has 7 nitrogen and oxygen atoms in total. The first kappa shape index (κ1) is 19.3. The summed E-state index contributed by atoms with van der Waals surface area (Å²) in [6, 6.07) is 9.53. The van der Waals surface area contributed by atoms with Gasteiger partial charge < -0.3 is 10.2 Å². The Morgan fingerprint density at radius 2 is 1.86 bits per heavy atom. The summed E-state index contributed by atoms with van der Waals surface area (Å²) in [4.78, 5) is 35.8. The maximum absolute atomic E-state index is 12.9. The van der Waals surface area contributed by atoms with Crippen LogP contribution in [0.5, 0.6) is 0 Å². The van der Waals surface area contributed by atoms with Crippen molar-refractivity contribution < 1.29 is 27.7 Å². The van der Waals surface area contributed by atoms with E-state index < -0.39 is 34.4 Å². The Bertz CT molecular complexity index is 928. The number of hydrogen-bond donors (Lipinski definition) is 1. The highest BCUT2D eigenvalue weighted by atomic mass is 19.4. The third kappa shape index (κ3) is 4.11. The number of amides is 2. The van der Waals surface area contributed by atoms with E-state index in [-0.39, 0.29) is 24.3 Å². The lowest BCUT2D eigenvalue weighted by Crippen LogP contribution is -2.28. The molecule has 1 saturated heterocycles. The SMILES string of the molecule is O=C(Nc1ccc([N+](=O)[O-])cc1)[C@H]1CC(=O)N(c2cccc(C(F)(F)F)c2)C1. The maximum atomic E-state index is 12.9. The van der Waals surface area contributed by atoms with E-state index in [1.807, 2.05) is 0 Å². The molecule has 2 aromatic carbocycles. The summed E-state index contributed by atoms with van der Waals surface area (Å²) in [5.74, 6) is -1.70. The lowest BCUT2D eigenvalue weighted by molar-refractivity contribution is -0.384. The van der Waals surface area contributed by atoms with Gasteiger partial charge in [-0.1, -0.05) is 6.07 Å². The van der Waals surface area contributed by atoms with Crippen LogP contribution in [0.1, 0.15) is 12.0 Å². The van der Waals surface area contributed by atoms with E-state index in [0.29, 0.717) is 5.69 Å². The van der Waals surface area contributed by atoms with Crippen LogP contribution in [-0.2, 0) is 15.8 Å². The number of halogens is 3. The predicted octanol–water partition coefficient (Wildman–Crippen LogP) is 3.61. The number of anilines is 2. The zero-order chi connectivity index (χ0) is 20.5. The Kier molecular flexibility index (Phi) is 5.04. The number of nitro groups is 1. The third-order valence-electron chi connectivity index (χ3n) is 4.33. The fraction of sp³-hybridized carbons (Fsp3) is 0.222. The highest BCUT2D eigenvalue weighted by Crippen LogP contribution is 2.33. The van der Waals surface area contributed by atoms with Crippen molar-refractivity contribution in [3.8, 4) is 0 Å². The Labute approximate surface area is 156 Å². The van der Waals surface area contributed by atoms with Crippen molar-refractivity contribution in [2.24, 2.45) is 5.92 Å². The van der Waals surface area contributed by atoms with E-state index >= 15 is 0 Å². The maximum Gasteiger partial charge on any atom is 0.416 e. The van der Waals surface area contributed by atoms with Crippen LogP contribution in [0, 0.1) is 16.0 Å². The zero-order valence-electron chi connectivity index (χ0n) is 14.3. The van der Waals surface area contributed by atoms with E-state index in [2.05, 4.69) is 5.32 Å². The molecule has 2 amide bonds. The molecule has 1 aliphatic rings. The molecule has 1 heterocycles. The quantitative estimate of drug-likeness (QED) is 0.635. The minimum absolute atomic E-state index is 0.0566. The summed E-state index contributed by atoms with van der Waals surface area (Å²) < 4.78 is 38.6. The van der Waals surface area contributed by atoms with Crippen LogP contribution in [-0.4, -0.2) is 23.3 Å². The van der Waals surface area contributed by atoms with Gasteiger partial charge in [-0.25, -0.2) is 0 Å². The van der Waals surface area contributed by atoms with Gasteiger partial charge in [-0.15, -0.1) is 0 Å². The lowest BCUT2D eigenvalue weighted by atomic mass is 10.1. The highest BCUT2D eigenvalue weighted by molar-refractivity contribution is 6.03. The van der Waals surface area contributed by atoms with E-state index in [4.69, 9.17) is 0 Å². The average molecular weight is 393 g/mol. The van der Waals surface area contributed by atoms with Crippen LogP contribution in [0.15, 0.2) is 48.5 Å². The zero-order valence-corrected chi connectivity index (χ0v) is 14.3. The Morgan fingerprint density at radius 1 is 1.18 bits per heavy atom. The summed E-state index contributed by atoms with van der Waals surface area (Å²) >= 11 is 0. The van der Waals surface area contributed by atoms with E-state index in [1.165, 1.54) is 36.4 Å². The second kappa shape index (κ2) is 7.29. The summed E-state index contributed by atoms with van der Waals surface area (Å²) in [6.45, 7) is -0.0566. The van der Waals surface area contributed by atoms with E-state index in [0.717, 1.165) is 17.0 Å². The number of nitro benzene ring substituents is 1. The molecule has 1 aliphatic heterocycles. The minimum Gasteiger partial charge on any atom is -0.326 e. The standard InChI is InChI=1S/C18H14F3N3O4/c19-18(20,21)12-2-1-3-15(9-12)23-10-11(8-16(23)25)17(26)22-13-4-6-14(7-5-13)24(27)28/h1-7,9,11H,8,10H2,(H,22,26)/t11-/m0/s1. The second-order valence-electron chi connectivity index (χ2n) is 6.25. The molecular weight excluding hydrogens is 379 g/mol. The second-order valence-corrected chi connectivity index (χ2v) is 6.25. The molecule has 0 radical (unpaired) electrons. The number of nitrogens with one attached hydrogen (secondary N) is 1. The molecule has 10 heteroatoms. The van der Waals surface area contributed by atoms with Gasteiger partial charge in [-0.3, -0.25) is 19.7 Å². The predicted molar refractivity (Wildman–Crippen MR) is 93.6 cm³/mol. The van der Waals surface area contributed by atoms with Crippen LogP contribution in [0.25, 0.3) is 0 Å². The van der Waals surface area contributed by atoms with Crippen molar-refractivity contribution in [2.75, 3.05) is 16.8 Å². The van der Waals surface area contributed by atoms with Gasteiger partial charge in [0.2, 0.25) is 11.8 Å². The first-order chi connectivity index (χ1) is 13.1. The number of alkyl halides is 3. The molecule has 2 aromatic rings. The molecule has 0 saturated carbocycles. The van der Waals surface area contributed by atoms with Crippen molar-refractivity contribution in [1.29, 1.82) is 0 Å². The van der Waals surface area contributed by atoms with Gasteiger partial charge in [0, 0.05) is 36.5 Å². The monoisotopic (exact) mass is 393 g/mol. The molecule has 0 unspecified atom stereocenters. The lowest BCUT2D eigenvalue weighted by Gasteiger charge is -2.18. The average Bonchev–Trinajstić information content (AvgIpc) is 3.03. The number of carbonyl (C=O) groups excluding carboxylic acids is 2. The van der Waals surface area contributed by atoms with Crippen molar-refractivity contribution in [3.63, 3.8) is 0 Å². The summed E-state index contributed by atoms with van der Waals surface area (Å²) in [7, 11) is 0. The van der Waals surface area contributed by atoms with Gasteiger partial charge in [0.25, 0.3) is 5.69 Å². The molecule has 0 aliphatic carbocycles. The van der Waals surface area contributed by atoms with Crippen molar-refractivity contribution in [2.45, 2.75) is 12.6 Å². The molecule has 1 atom stereocenters. The molecular formula is C18H14F3N3O4. The molecule has 146 valence electrons. The topological polar surface area (TPSA) is 92.5 Å². The smallest absolute Gasteiger partial charge is 0.326 e. The number of hydrogen-bond acceptors (Lipinski definition) is 4. The number of nitrogens with zero attached hydrogens (tertiary/aromatic N) is 2. The van der Waals surface area contributed by atoms with Gasteiger partial charge in [0.15, 0.2) is 0 Å². The van der Waals surface area contributed by atoms with Crippen LogP contribution in [0.2, 0.25) is 0 Å². The van der Waals surface area contributed by atoms with Gasteiger partial charge in [-0.2, -0.15) is 13.2 Å². The van der Waals surface area contributed by atoms with Crippen molar-refractivity contribution in [3.05, 3.63) is 64.2 Å². The fourth-order valence-corrected chi connectivity index (χ4v) is 2.89. The number of non-ortho nitro benzene ring substituents is 1. The number of carbonyl (C=O) groups is 2. The van der Waals surface area contributed by atoms with Crippen LogP contribution in [0.4, 0.5) is 30.2 Å². The molecule has 1 N–H and O–H groups in total. The molecule has 0 spiro atoms. The first-order valence-corrected chi connectivity index (χ1v) is 8.18. The van der Waals surface area contributed by atoms with Crippen LogP contribution in [0.3, 0.4) is 0 Å². The Balaban J connectivity index is 1.70. The summed E-state index contributed by atoms with van der Waals surface area (Å²) in [5, 5.41) is 13.2. The fourth-order valence-electron chi connectivity index (χ4n) is 2.89. The van der Waals surface area contributed by atoms with Gasteiger partial charge in [0.05, 0.1) is 16.4 Å². The van der Waals surface area contributed by atoms with Crippen molar-refractivity contribution in [1.82, 2.24) is 0 Å². The minimum atomic E-state index is -4.54. The van der Waals surface area contributed by atoms with E-state index in [1.54, 1.807) is 0 Å². The molecule has 3 rings (SSSR count). The van der Waals surface area contributed by atoms with Crippen LogP contribution < -0.4 is 10.2 Å². The number of benzene rings is 2. The molecule has 28 heavy (non-hydrogen) atoms. The summed E-state index contributed by atoms with van der Waals surface area (Å²) in [5.41, 5.74) is -0.618. The van der Waals surface area contributed by atoms with Gasteiger partial charge in [0.1, 0.15) is 0 Å². The molecule has 0 aromatic heterocycles. The van der Waals surface area contributed by atoms with Gasteiger partial charge in [-0.05, 0) is 30.3 Å².